The first kappa shape index (κ1) is 29.2. The van der Waals surface area contributed by atoms with Crippen molar-refractivity contribution in [3.8, 4) is 22.6 Å². The number of hydrogen-bond donors (Lipinski definition) is 1. The van der Waals surface area contributed by atoms with Gasteiger partial charge in [-0.2, -0.15) is 0 Å². The number of nitrogens with two attached hydrogens (primary N) is 1. The number of anilines is 1. The van der Waals surface area contributed by atoms with Crippen LogP contribution >= 0.6 is 11.3 Å². The van der Waals surface area contributed by atoms with E-state index in [9.17, 15) is 0 Å². The maximum Gasteiger partial charge on any atom is 0.143 e. The molecule has 5 heteroatoms. The molecule has 3 heterocycles. The summed E-state index contributed by atoms with van der Waals surface area (Å²) in [6.07, 6.45) is 0. The quantitative estimate of drug-likeness (QED) is 0.183. The van der Waals surface area contributed by atoms with Crippen molar-refractivity contribution in [1.82, 2.24) is 4.57 Å². The molecule has 0 aliphatic carbocycles. The van der Waals surface area contributed by atoms with Crippen LogP contribution in [0, 0.1) is 0 Å². The predicted molar refractivity (Wildman–Crippen MR) is 219 cm³/mol. The highest BCUT2D eigenvalue weighted by atomic mass is 32.1. The van der Waals surface area contributed by atoms with Crippen molar-refractivity contribution in [1.29, 1.82) is 0 Å². The van der Waals surface area contributed by atoms with Gasteiger partial charge in [-0.15, -0.1) is 11.3 Å². The Hall–Kier alpha value is -6.56. The van der Waals surface area contributed by atoms with E-state index in [0.717, 1.165) is 38.6 Å². The summed E-state index contributed by atoms with van der Waals surface area (Å²) in [6.45, 7) is 0.383. The molecule has 4 nitrogen and oxygen atoms in total. The highest BCUT2D eigenvalue weighted by Gasteiger charge is 2.20. The molecule has 0 atom stereocenters. The van der Waals surface area contributed by atoms with E-state index in [-0.39, 0.29) is 0 Å². The largest absolute Gasteiger partial charge is 0.487 e. The fraction of sp³-hybridized carbons (Fsp3) is 0.0213. The molecular weight excluding hydrogens is 657 g/mol. The van der Waals surface area contributed by atoms with Gasteiger partial charge in [0, 0.05) is 41.9 Å². The molecule has 0 aliphatic rings. The molecule has 11 aromatic rings. The Balaban J connectivity index is 0.993. The molecule has 0 radical (unpaired) electrons. The van der Waals surface area contributed by atoms with E-state index >= 15 is 0 Å². The van der Waals surface area contributed by atoms with Crippen LogP contribution in [-0.2, 0) is 6.61 Å². The van der Waals surface area contributed by atoms with Crippen molar-refractivity contribution in [2.45, 2.75) is 6.61 Å². The van der Waals surface area contributed by atoms with Gasteiger partial charge in [0.2, 0.25) is 0 Å². The molecule has 0 fully saturated rings. The minimum Gasteiger partial charge on any atom is -0.487 e. The lowest BCUT2D eigenvalue weighted by Crippen LogP contribution is -2.01. The first-order valence-electron chi connectivity index (χ1n) is 17.5. The normalized spacial score (nSPS) is 12.0. The van der Waals surface area contributed by atoms with Gasteiger partial charge in [-0.3, -0.25) is 0 Å². The molecule has 246 valence electrons. The van der Waals surface area contributed by atoms with Gasteiger partial charge in [0.25, 0.3) is 0 Å². The summed E-state index contributed by atoms with van der Waals surface area (Å²) in [5, 5.41) is 9.28. The lowest BCUT2D eigenvalue weighted by atomic mass is 10.00. The van der Waals surface area contributed by atoms with Crippen LogP contribution in [-0.4, -0.2) is 4.57 Å². The highest BCUT2D eigenvalue weighted by Crippen LogP contribution is 2.44. The van der Waals surface area contributed by atoms with Gasteiger partial charge in [0.15, 0.2) is 0 Å². The van der Waals surface area contributed by atoms with Crippen molar-refractivity contribution in [3.63, 3.8) is 0 Å². The first-order chi connectivity index (χ1) is 25.7. The third-order valence-electron chi connectivity index (χ3n) is 10.5. The number of benzene rings is 8. The third kappa shape index (κ3) is 4.33. The predicted octanol–water partition coefficient (Wildman–Crippen LogP) is 13.0. The van der Waals surface area contributed by atoms with Crippen molar-refractivity contribution >= 4 is 91.7 Å². The van der Waals surface area contributed by atoms with Gasteiger partial charge in [-0.1, -0.05) is 103 Å². The smallest absolute Gasteiger partial charge is 0.143 e. The zero-order valence-corrected chi connectivity index (χ0v) is 28.8. The molecule has 0 bridgehead atoms. The molecule has 3 aromatic heterocycles. The Morgan fingerprint density at radius 3 is 2.08 bits per heavy atom. The SMILES string of the molecule is Nc1c(OCc2ccc(-n3c4ccccc4c4ccccc43)c3c2sc2ccccc23)ccc2oc3cc(-c4ccc5ccccc5c4)ccc3c12. The summed E-state index contributed by atoms with van der Waals surface area (Å²) < 4.78 is 17.8. The Morgan fingerprint density at radius 2 is 1.25 bits per heavy atom. The second kappa shape index (κ2) is 11.2. The number of nitrogens with zero attached hydrogens (tertiary/aromatic N) is 1. The topological polar surface area (TPSA) is 53.3 Å². The number of fused-ring (bicyclic) bond motifs is 10. The van der Waals surface area contributed by atoms with Gasteiger partial charge < -0.3 is 19.5 Å². The third-order valence-corrected chi connectivity index (χ3v) is 11.8. The van der Waals surface area contributed by atoms with Crippen LogP contribution in [0.25, 0.3) is 91.5 Å². The van der Waals surface area contributed by atoms with Crippen LogP contribution in [0.15, 0.2) is 162 Å². The van der Waals surface area contributed by atoms with Crippen LogP contribution in [0.4, 0.5) is 5.69 Å². The molecular formula is C47H30N2O2S. The minimum absolute atomic E-state index is 0.383. The molecule has 0 unspecified atom stereocenters. The number of furan rings is 1. The maximum absolute atomic E-state index is 6.89. The minimum atomic E-state index is 0.383. The van der Waals surface area contributed by atoms with E-state index in [1.807, 2.05) is 23.5 Å². The monoisotopic (exact) mass is 686 g/mol. The lowest BCUT2D eigenvalue weighted by Gasteiger charge is -2.14. The van der Waals surface area contributed by atoms with Crippen molar-refractivity contribution in [2.75, 3.05) is 5.73 Å². The molecule has 8 aromatic carbocycles. The van der Waals surface area contributed by atoms with Crippen molar-refractivity contribution in [2.24, 2.45) is 0 Å². The van der Waals surface area contributed by atoms with Gasteiger partial charge in [-0.25, -0.2) is 0 Å². The summed E-state index contributed by atoms with van der Waals surface area (Å²) in [5.74, 6) is 0.648. The molecule has 52 heavy (non-hydrogen) atoms. The second-order valence-electron chi connectivity index (χ2n) is 13.4. The number of aromatic nitrogens is 1. The number of nitrogen functional groups attached to an aromatic ring is 1. The zero-order valence-electron chi connectivity index (χ0n) is 28.0. The summed E-state index contributed by atoms with van der Waals surface area (Å²) in [5.41, 5.74) is 16.0. The highest BCUT2D eigenvalue weighted by molar-refractivity contribution is 7.26. The summed E-state index contributed by atoms with van der Waals surface area (Å²) in [7, 11) is 0. The van der Waals surface area contributed by atoms with Crippen molar-refractivity contribution in [3.05, 3.63) is 163 Å². The fourth-order valence-corrected chi connectivity index (χ4v) is 9.27. The average Bonchev–Trinajstić information content (AvgIpc) is 3.88. The molecule has 11 rings (SSSR count). The molecule has 0 saturated heterocycles. The van der Waals surface area contributed by atoms with E-state index in [2.05, 4.69) is 150 Å². The molecule has 2 N–H and O–H groups in total. The van der Waals surface area contributed by atoms with E-state index in [1.165, 1.54) is 58.4 Å². The molecule has 0 aliphatic heterocycles. The molecule has 0 spiro atoms. The lowest BCUT2D eigenvalue weighted by molar-refractivity contribution is 0.310. The Labute approximate surface area is 302 Å². The van der Waals surface area contributed by atoms with Crippen LogP contribution in [0.1, 0.15) is 5.56 Å². The number of hydrogen-bond acceptors (Lipinski definition) is 4. The average molecular weight is 687 g/mol. The number of ether oxygens (including phenoxy) is 1. The van der Waals surface area contributed by atoms with Crippen LogP contribution < -0.4 is 10.5 Å². The van der Waals surface area contributed by atoms with E-state index < -0.39 is 0 Å². The van der Waals surface area contributed by atoms with Gasteiger partial charge in [-0.05, 0) is 76.5 Å². The van der Waals surface area contributed by atoms with Crippen LogP contribution in [0.3, 0.4) is 0 Å². The zero-order chi connectivity index (χ0) is 34.3. The number of para-hydroxylation sites is 2. The second-order valence-corrected chi connectivity index (χ2v) is 14.5. The Bertz CT molecular complexity index is 3170. The van der Waals surface area contributed by atoms with Gasteiger partial charge in [0.05, 0.1) is 27.8 Å². The van der Waals surface area contributed by atoms with Gasteiger partial charge >= 0.3 is 0 Å². The Morgan fingerprint density at radius 1 is 0.558 bits per heavy atom. The fourth-order valence-electron chi connectivity index (χ4n) is 8.05. The molecule has 0 amide bonds. The number of thiophene rings is 1. The van der Waals surface area contributed by atoms with Crippen LogP contribution in [0.5, 0.6) is 5.75 Å². The summed E-state index contributed by atoms with van der Waals surface area (Å²) in [4.78, 5) is 0. The molecule has 0 saturated carbocycles. The van der Waals surface area contributed by atoms with Crippen molar-refractivity contribution < 1.29 is 9.15 Å². The van der Waals surface area contributed by atoms with Gasteiger partial charge in [0.1, 0.15) is 23.5 Å². The maximum atomic E-state index is 6.89. The van der Waals surface area contributed by atoms with E-state index in [1.54, 1.807) is 0 Å². The Kier molecular flexibility index (Phi) is 6.30. The first-order valence-corrected chi connectivity index (χ1v) is 18.3. The standard InChI is InChI=1S/C47H30N2O2S/c48-46-41(24-23-40-45(46)35-21-19-31(26-42(35)51-40)30-18-17-28-9-1-2-10-29(28)25-30)50-27-32-20-22-39(44-36-13-5-8-16-43(36)52-47(32)44)49-37-14-6-3-11-33(37)34-12-4-7-15-38(34)49/h1-26H,27,48H2. The van der Waals surface area contributed by atoms with E-state index in [0.29, 0.717) is 18.0 Å². The number of rotatable bonds is 5. The summed E-state index contributed by atoms with van der Waals surface area (Å²) in [6, 6.07) is 55.7. The summed E-state index contributed by atoms with van der Waals surface area (Å²) >= 11 is 1.82. The van der Waals surface area contributed by atoms with Crippen LogP contribution in [0.2, 0.25) is 0 Å². The van der Waals surface area contributed by atoms with E-state index in [4.69, 9.17) is 14.9 Å².